The molecule has 1 atom stereocenters. The van der Waals surface area contributed by atoms with Crippen molar-refractivity contribution >= 4 is 97.7 Å². The fourth-order valence-corrected chi connectivity index (χ4v) is 6.58. The van der Waals surface area contributed by atoms with Gasteiger partial charge in [-0.1, -0.05) is 31.5 Å². The van der Waals surface area contributed by atoms with Gasteiger partial charge in [-0.3, -0.25) is 9.79 Å². The van der Waals surface area contributed by atoms with E-state index in [1.807, 2.05) is 12.1 Å². The molecule has 1 amide bonds. The van der Waals surface area contributed by atoms with E-state index in [-0.39, 0.29) is 5.91 Å². The van der Waals surface area contributed by atoms with E-state index in [4.69, 9.17) is 16.6 Å². The first-order chi connectivity index (χ1) is 14.1. The molecule has 4 heterocycles. The summed E-state index contributed by atoms with van der Waals surface area (Å²) in [6, 6.07) is 1.96. The van der Waals surface area contributed by atoms with Crippen LogP contribution in [0.15, 0.2) is 47.6 Å². The van der Waals surface area contributed by atoms with Crippen molar-refractivity contribution in [3.8, 4) is 0 Å². The molecule has 10 heteroatoms. The van der Waals surface area contributed by atoms with Crippen LogP contribution >= 0.6 is 75.3 Å². The Bertz CT molecular complexity index is 1250. The molecule has 1 aromatic carbocycles. The first-order valence-corrected chi connectivity index (χ1v) is 12.5. The normalized spacial score (nSPS) is 26.5. The smallest absolute Gasteiger partial charge is 0.230 e. The number of aromatic nitrogens is 2. The average Bonchev–Trinajstić information content (AvgIpc) is 3.22. The number of amides is 1. The number of fused-ring (bicyclic) bond motifs is 2. The van der Waals surface area contributed by atoms with Crippen LogP contribution in [0.4, 0.5) is 5.69 Å². The number of allylic oxidation sites excluding steroid dienone is 1. The van der Waals surface area contributed by atoms with Crippen LogP contribution in [0.25, 0.3) is 5.03 Å². The molecule has 5 nitrogen and oxygen atoms in total. The van der Waals surface area contributed by atoms with Gasteiger partial charge in [-0.15, -0.1) is 0 Å². The predicted molar refractivity (Wildman–Crippen MR) is 132 cm³/mol. The van der Waals surface area contributed by atoms with Crippen molar-refractivity contribution in [1.82, 2.24) is 14.9 Å². The minimum Gasteiger partial charge on any atom is -0.335 e. The van der Waals surface area contributed by atoms with Gasteiger partial charge in [-0.25, -0.2) is 4.98 Å². The number of hydrogen-bond acceptors (Lipinski definition) is 3. The Morgan fingerprint density at radius 1 is 1.20 bits per heavy atom. The molecule has 1 fully saturated rings. The zero-order valence-corrected chi connectivity index (χ0v) is 22.8. The number of aliphatic imine (C=N–C) groups is 1. The number of aromatic amines is 1. The van der Waals surface area contributed by atoms with Gasteiger partial charge >= 0.3 is 0 Å². The Hall–Kier alpha value is -0.740. The molecular formula is C20H13Br4ClN4O. The molecule has 0 bridgehead atoms. The molecule has 5 rings (SSSR count). The molecule has 0 aliphatic carbocycles. The minimum atomic E-state index is -0.716. The number of H-pyrrole nitrogens is 1. The fourth-order valence-electron chi connectivity index (χ4n) is 4.23. The Morgan fingerprint density at radius 3 is 2.63 bits per heavy atom. The number of imidazole rings is 1. The average molecular weight is 680 g/mol. The zero-order valence-electron chi connectivity index (χ0n) is 15.7. The van der Waals surface area contributed by atoms with Crippen molar-refractivity contribution in [2.45, 2.75) is 31.2 Å². The van der Waals surface area contributed by atoms with Crippen LogP contribution in [0.5, 0.6) is 0 Å². The lowest BCUT2D eigenvalue weighted by Crippen LogP contribution is -2.61. The highest BCUT2D eigenvalue weighted by Gasteiger charge is 2.59. The summed E-state index contributed by atoms with van der Waals surface area (Å²) < 4.78 is 3.21. The van der Waals surface area contributed by atoms with E-state index in [0.29, 0.717) is 21.9 Å². The maximum absolute atomic E-state index is 12.8. The third kappa shape index (κ3) is 2.78. The minimum absolute atomic E-state index is 0.0240. The Labute approximate surface area is 211 Å². The lowest BCUT2D eigenvalue weighted by molar-refractivity contribution is -0.145. The van der Waals surface area contributed by atoms with Gasteiger partial charge in [0.25, 0.3) is 0 Å². The number of benzene rings is 1. The lowest BCUT2D eigenvalue weighted by atomic mass is 9.74. The third-order valence-electron chi connectivity index (χ3n) is 5.75. The SMILES string of the molecule is CC1(C)/C=C/C2=Nc3cc(Br)c(Br)c(Br)c3C23CC(=O)N3/C=C(\Cl)c2nc(Br)[nH]c21. The molecule has 154 valence electrons. The van der Waals surface area contributed by atoms with Crippen LogP contribution in [-0.2, 0) is 15.7 Å². The maximum Gasteiger partial charge on any atom is 0.230 e. The van der Waals surface area contributed by atoms with E-state index in [0.717, 1.165) is 36.1 Å². The first-order valence-electron chi connectivity index (χ1n) is 8.98. The second-order valence-electron chi connectivity index (χ2n) is 7.96. The highest BCUT2D eigenvalue weighted by Crippen LogP contribution is 2.57. The van der Waals surface area contributed by atoms with Gasteiger partial charge in [0, 0.05) is 30.6 Å². The molecule has 0 radical (unpaired) electrons. The third-order valence-corrected chi connectivity index (χ3v) is 9.71. The van der Waals surface area contributed by atoms with Gasteiger partial charge < -0.3 is 9.88 Å². The van der Waals surface area contributed by atoms with Crippen LogP contribution < -0.4 is 0 Å². The van der Waals surface area contributed by atoms with Crippen LogP contribution in [0, 0.1) is 0 Å². The van der Waals surface area contributed by atoms with E-state index in [9.17, 15) is 4.79 Å². The quantitative estimate of drug-likeness (QED) is 0.240. The number of rotatable bonds is 0. The van der Waals surface area contributed by atoms with Crippen LogP contribution in [0.1, 0.15) is 37.2 Å². The van der Waals surface area contributed by atoms with Crippen molar-refractivity contribution in [2.75, 3.05) is 0 Å². The monoisotopic (exact) mass is 676 g/mol. The molecule has 3 aliphatic heterocycles. The number of nitrogens with one attached hydrogen (secondary N) is 1. The van der Waals surface area contributed by atoms with E-state index in [1.54, 1.807) is 11.1 Å². The van der Waals surface area contributed by atoms with Gasteiger partial charge in [0.2, 0.25) is 5.91 Å². The topological polar surface area (TPSA) is 61.4 Å². The van der Waals surface area contributed by atoms with Gasteiger partial charge in [0.15, 0.2) is 4.73 Å². The zero-order chi connectivity index (χ0) is 21.6. The van der Waals surface area contributed by atoms with Crippen molar-refractivity contribution in [2.24, 2.45) is 4.99 Å². The number of halogens is 5. The van der Waals surface area contributed by atoms with Crippen molar-refractivity contribution < 1.29 is 4.79 Å². The van der Waals surface area contributed by atoms with E-state index in [1.165, 1.54) is 0 Å². The fraction of sp³-hybridized carbons (Fsp3) is 0.250. The van der Waals surface area contributed by atoms with E-state index >= 15 is 0 Å². The second kappa shape index (κ2) is 6.88. The number of hydrogen-bond donors (Lipinski definition) is 1. The van der Waals surface area contributed by atoms with Crippen molar-refractivity contribution in [1.29, 1.82) is 0 Å². The molecule has 30 heavy (non-hydrogen) atoms. The highest BCUT2D eigenvalue weighted by atomic mass is 79.9. The standard InChI is InChI=1S/C20H13Br4ClN4O/c1-19(2)4-3-11-20(13-10(26-11)5-8(21)14(22)15(13)23)6-12(30)29(20)7-9(25)16-17(19)28-18(24)27-16/h3-5,7H,6H2,1-2H3,(H,27,28)/b4-3+,9-7-. The maximum atomic E-state index is 12.8. The summed E-state index contributed by atoms with van der Waals surface area (Å²) in [4.78, 5) is 27.2. The molecule has 3 aliphatic rings. The molecule has 1 unspecified atom stereocenters. The Balaban J connectivity index is 1.82. The molecule has 0 saturated carbocycles. The lowest BCUT2D eigenvalue weighted by Gasteiger charge is -2.49. The summed E-state index contributed by atoms with van der Waals surface area (Å²) in [7, 11) is 0. The Morgan fingerprint density at radius 2 is 1.93 bits per heavy atom. The summed E-state index contributed by atoms with van der Waals surface area (Å²) in [6.45, 7) is 4.17. The van der Waals surface area contributed by atoms with Crippen molar-refractivity contribution in [3.63, 3.8) is 0 Å². The first kappa shape index (κ1) is 21.1. The van der Waals surface area contributed by atoms with Crippen LogP contribution in [0.3, 0.4) is 0 Å². The molecule has 1 saturated heterocycles. The largest absolute Gasteiger partial charge is 0.335 e. The summed E-state index contributed by atoms with van der Waals surface area (Å²) in [5, 5.41) is 0.392. The van der Waals surface area contributed by atoms with Crippen LogP contribution in [-0.4, -0.2) is 26.5 Å². The van der Waals surface area contributed by atoms with Gasteiger partial charge in [-0.05, 0) is 75.9 Å². The molecule has 1 spiro atoms. The molecule has 1 aromatic heterocycles. The van der Waals surface area contributed by atoms with Crippen LogP contribution in [0.2, 0.25) is 0 Å². The van der Waals surface area contributed by atoms with Gasteiger partial charge in [0.05, 0.1) is 28.5 Å². The number of carbonyl (C=O) groups excluding carboxylic acids is 1. The number of nitrogens with zero attached hydrogens (tertiary/aromatic N) is 3. The number of β-lactam (4-membered cyclic amide) rings is 1. The highest BCUT2D eigenvalue weighted by molar-refractivity contribution is 9.14. The summed E-state index contributed by atoms with van der Waals surface area (Å²) in [5.41, 5.74) is 2.92. The Kier molecular flexibility index (Phi) is 4.84. The number of carbonyl (C=O) groups is 1. The predicted octanol–water partition coefficient (Wildman–Crippen LogP) is 7.06. The molecular weight excluding hydrogens is 667 g/mol. The summed E-state index contributed by atoms with van der Waals surface area (Å²) in [5.74, 6) is -0.0240. The van der Waals surface area contributed by atoms with E-state index < -0.39 is 11.0 Å². The van der Waals surface area contributed by atoms with Gasteiger partial charge in [0.1, 0.15) is 11.2 Å². The van der Waals surface area contributed by atoms with Crippen molar-refractivity contribution in [3.05, 3.63) is 59.5 Å². The van der Waals surface area contributed by atoms with E-state index in [2.05, 4.69) is 93.6 Å². The molecule has 2 aromatic rings. The second-order valence-corrected chi connectivity index (χ2v) is 11.6. The molecule has 1 N–H and O–H groups in total. The summed E-state index contributed by atoms with van der Waals surface area (Å²) in [6.07, 6.45) is 6.09. The summed E-state index contributed by atoms with van der Waals surface area (Å²) >= 11 is 21.1. The van der Waals surface area contributed by atoms with Gasteiger partial charge in [-0.2, -0.15) is 0 Å².